The van der Waals surface area contributed by atoms with Crippen LogP contribution in [0.15, 0.2) is 109 Å². The summed E-state index contributed by atoms with van der Waals surface area (Å²) in [7, 11) is 1.54. The van der Waals surface area contributed by atoms with Gasteiger partial charge in [-0.25, -0.2) is 9.59 Å². The third-order valence-corrected chi connectivity index (χ3v) is 5.71. The Bertz CT molecular complexity index is 1280. The van der Waals surface area contributed by atoms with Crippen LogP contribution in [-0.2, 0) is 29.3 Å². The molecular formula is C31H30N2O6. The number of carbonyl (C=O) groups excluding carboxylic acids is 2. The largest absolute Gasteiger partial charge is 0.493 e. The summed E-state index contributed by atoms with van der Waals surface area (Å²) in [6, 6.07) is 33.4. The Morgan fingerprint density at radius 1 is 0.615 bits per heavy atom. The van der Waals surface area contributed by atoms with E-state index in [2.05, 4.69) is 10.6 Å². The first-order chi connectivity index (χ1) is 19.1. The van der Waals surface area contributed by atoms with E-state index in [-0.39, 0.29) is 13.2 Å². The minimum absolute atomic E-state index is 0.0753. The van der Waals surface area contributed by atoms with Gasteiger partial charge >= 0.3 is 12.2 Å². The fraction of sp³-hybridized carbons (Fsp3) is 0.161. The molecule has 0 aliphatic carbocycles. The number of alkyl carbamates (subject to hydrolysis) is 2. The van der Waals surface area contributed by atoms with Gasteiger partial charge in [0.05, 0.1) is 7.11 Å². The molecule has 0 atom stereocenters. The van der Waals surface area contributed by atoms with E-state index >= 15 is 0 Å². The third-order valence-electron chi connectivity index (χ3n) is 5.71. The van der Waals surface area contributed by atoms with Gasteiger partial charge in [-0.15, -0.1) is 0 Å². The number of hydrogen-bond donors (Lipinski definition) is 2. The van der Waals surface area contributed by atoms with Crippen molar-refractivity contribution in [1.82, 2.24) is 10.6 Å². The summed E-state index contributed by atoms with van der Waals surface area (Å²) in [6.45, 7) is 0.461. The zero-order valence-electron chi connectivity index (χ0n) is 21.5. The number of rotatable bonds is 11. The Hall–Kier alpha value is -4.98. The first-order valence-electron chi connectivity index (χ1n) is 12.4. The van der Waals surface area contributed by atoms with Crippen LogP contribution in [-0.4, -0.2) is 19.3 Å². The van der Waals surface area contributed by atoms with Gasteiger partial charge in [0.15, 0.2) is 11.5 Å². The predicted molar refractivity (Wildman–Crippen MR) is 146 cm³/mol. The van der Waals surface area contributed by atoms with Crippen LogP contribution in [0.2, 0.25) is 0 Å². The van der Waals surface area contributed by atoms with E-state index in [4.69, 9.17) is 18.9 Å². The third kappa shape index (κ3) is 8.53. The van der Waals surface area contributed by atoms with Gasteiger partial charge in [-0.1, -0.05) is 97.1 Å². The highest BCUT2D eigenvalue weighted by molar-refractivity contribution is 5.71. The second-order valence-electron chi connectivity index (χ2n) is 8.53. The molecule has 4 aromatic rings. The van der Waals surface area contributed by atoms with Crippen molar-refractivity contribution in [2.24, 2.45) is 0 Å². The lowest BCUT2D eigenvalue weighted by molar-refractivity contribution is 0.122. The lowest BCUT2D eigenvalue weighted by Crippen LogP contribution is -2.41. The quantitative estimate of drug-likeness (QED) is 0.229. The van der Waals surface area contributed by atoms with E-state index in [1.165, 1.54) is 0 Å². The van der Waals surface area contributed by atoms with Gasteiger partial charge in [0.25, 0.3) is 0 Å². The first-order valence-corrected chi connectivity index (χ1v) is 12.4. The summed E-state index contributed by atoms with van der Waals surface area (Å²) in [5.74, 6) is 0.953. The van der Waals surface area contributed by atoms with Crippen LogP contribution in [0, 0.1) is 0 Å². The number of amides is 2. The maximum atomic E-state index is 12.7. The van der Waals surface area contributed by atoms with Crippen molar-refractivity contribution in [2.75, 3.05) is 7.11 Å². The van der Waals surface area contributed by atoms with E-state index in [0.29, 0.717) is 23.7 Å². The molecule has 0 aromatic heterocycles. The van der Waals surface area contributed by atoms with Crippen LogP contribution in [0.25, 0.3) is 0 Å². The molecule has 2 amide bonds. The minimum atomic E-state index is -0.971. The smallest absolute Gasteiger partial charge is 0.409 e. The molecule has 4 aromatic carbocycles. The molecule has 2 N–H and O–H groups in total. The van der Waals surface area contributed by atoms with Gasteiger partial charge in [-0.2, -0.15) is 0 Å². The minimum Gasteiger partial charge on any atom is -0.493 e. The molecular weight excluding hydrogens is 496 g/mol. The van der Waals surface area contributed by atoms with Crippen molar-refractivity contribution in [1.29, 1.82) is 0 Å². The van der Waals surface area contributed by atoms with Gasteiger partial charge in [-0.05, 0) is 34.4 Å². The highest BCUT2D eigenvalue weighted by Crippen LogP contribution is 2.31. The van der Waals surface area contributed by atoms with E-state index in [1.54, 1.807) is 25.3 Å². The number of nitrogens with one attached hydrogen (secondary N) is 2. The van der Waals surface area contributed by atoms with Crippen LogP contribution in [0.1, 0.15) is 28.4 Å². The fourth-order valence-electron chi connectivity index (χ4n) is 3.69. The zero-order chi connectivity index (χ0) is 27.3. The lowest BCUT2D eigenvalue weighted by atomic mass is 10.1. The van der Waals surface area contributed by atoms with Crippen LogP contribution >= 0.6 is 0 Å². The lowest BCUT2D eigenvalue weighted by Gasteiger charge is -2.22. The molecule has 0 saturated heterocycles. The second-order valence-corrected chi connectivity index (χ2v) is 8.53. The summed E-state index contributed by atoms with van der Waals surface area (Å²) in [5.41, 5.74) is 3.18. The normalized spacial score (nSPS) is 10.4. The van der Waals surface area contributed by atoms with Gasteiger partial charge < -0.3 is 18.9 Å². The molecule has 0 fully saturated rings. The van der Waals surface area contributed by atoms with Gasteiger partial charge in [0.2, 0.25) is 0 Å². The van der Waals surface area contributed by atoms with Crippen LogP contribution in [0.5, 0.6) is 11.5 Å². The molecule has 0 unspecified atom stereocenters. The number of methoxy groups -OCH3 is 1. The summed E-state index contributed by atoms with van der Waals surface area (Å²) < 4.78 is 22.2. The van der Waals surface area contributed by atoms with E-state index in [0.717, 1.165) is 16.7 Å². The highest BCUT2D eigenvalue weighted by Gasteiger charge is 2.21. The molecule has 0 aliphatic heterocycles. The van der Waals surface area contributed by atoms with Crippen molar-refractivity contribution < 1.29 is 28.5 Å². The molecule has 0 bridgehead atoms. The highest BCUT2D eigenvalue weighted by atomic mass is 16.6. The SMILES string of the molecule is COc1ccc(C(NC(=O)OCc2ccccc2)NC(=O)OCc2ccccc2)cc1OCc1ccccc1. The van der Waals surface area contributed by atoms with Gasteiger partial charge in [-0.3, -0.25) is 10.6 Å². The summed E-state index contributed by atoms with van der Waals surface area (Å²) in [4.78, 5) is 25.4. The number of carbonyl (C=O) groups is 2. The summed E-state index contributed by atoms with van der Waals surface area (Å²) in [6.07, 6.45) is -2.40. The average Bonchev–Trinajstić information content (AvgIpc) is 2.99. The first kappa shape index (κ1) is 27.1. The molecule has 8 heteroatoms. The molecule has 4 rings (SSSR count). The van der Waals surface area contributed by atoms with Crippen molar-refractivity contribution in [2.45, 2.75) is 26.0 Å². The molecule has 0 heterocycles. The van der Waals surface area contributed by atoms with Gasteiger partial charge in [0.1, 0.15) is 26.0 Å². The second kappa shape index (κ2) is 14.1. The monoisotopic (exact) mass is 526 g/mol. The zero-order valence-corrected chi connectivity index (χ0v) is 21.5. The number of benzene rings is 4. The van der Waals surface area contributed by atoms with Crippen molar-refractivity contribution in [3.05, 3.63) is 131 Å². The summed E-state index contributed by atoms with van der Waals surface area (Å²) >= 11 is 0. The van der Waals surface area contributed by atoms with Gasteiger partial charge in [0, 0.05) is 0 Å². The molecule has 39 heavy (non-hydrogen) atoms. The maximum Gasteiger partial charge on any atom is 0.409 e. The Kier molecular flexibility index (Phi) is 9.78. The van der Waals surface area contributed by atoms with Crippen LogP contribution in [0.3, 0.4) is 0 Å². The Labute approximate surface area is 227 Å². The van der Waals surface area contributed by atoms with Crippen molar-refractivity contribution in [3.8, 4) is 11.5 Å². The molecule has 0 aliphatic rings. The molecule has 0 saturated carbocycles. The fourth-order valence-corrected chi connectivity index (χ4v) is 3.69. The topological polar surface area (TPSA) is 95.1 Å². The Morgan fingerprint density at radius 2 is 1.08 bits per heavy atom. The van der Waals surface area contributed by atoms with E-state index < -0.39 is 18.4 Å². The number of ether oxygens (including phenoxy) is 4. The maximum absolute atomic E-state index is 12.7. The van der Waals surface area contributed by atoms with Crippen molar-refractivity contribution in [3.63, 3.8) is 0 Å². The van der Waals surface area contributed by atoms with E-state index in [9.17, 15) is 9.59 Å². The van der Waals surface area contributed by atoms with E-state index in [1.807, 2.05) is 91.0 Å². The van der Waals surface area contributed by atoms with Crippen molar-refractivity contribution >= 4 is 12.2 Å². The molecule has 8 nitrogen and oxygen atoms in total. The number of hydrogen-bond acceptors (Lipinski definition) is 6. The molecule has 0 radical (unpaired) electrons. The predicted octanol–water partition coefficient (Wildman–Crippen LogP) is 6.13. The average molecular weight is 527 g/mol. The Morgan fingerprint density at radius 3 is 1.54 bits per heavy atom. The molecule has 0 spiro atoms. The summed E-state index contributed by atoms with van der Waals surface area (Å²) in [5, 5.41) is 5.40. The van der Waals surface area contributed by atoms with Crippen LogP contribution < -0.4 is 20.1 Å². The molecule has 200 valence electrons. The van der Waals surface area contributed by atoms with Crippen LogP contribution in [0.4, 0.5) is 9.59 Å². The Balaban J connectivity index is 1.48. The standard InChI is InChI=1S/C31H30N2O6/c1-36-27-18-17-26(19-28(27)37-20-23-11-5-2-6-12-23)29(32-30(34)38-21-24-13-7-3-8-14-24)33-31(35)39-22-25-15-9-4-10-16-25/h2-19,29H,20-22H2,1H3,(H,32,34)(H,33,35).